The van der Waals surface area contributed by atoms with Gasteiger partial charge in [0.25, 0.3) is 0 Å². The molecule has 2 N–H and O–H groups in total. The van der Waals surface area contributed by atoms with E-state index in [4.69, 9.17) is 9.47 Å². The van der Waals surface area contributed by atoms with Gasteiger partial charge in [-0.2, -0.15) is 5.10 Å². The molecule has 2 rings (SSSR count). The van der Waals surface area contributed by atoms with E-state index >= 15 is 0 Å². The molecule has 0 radical (unpaired) electrons. The number of aromatic nitrogens is 2. The molecule has 0 spiro atoms. The van der Waals surface area contributed by atoms with Gasteiger partial charge in [0.1, 0.15) is 12.4 Å². The predicted molar refractivity (Wildman–Crippen MR) is 124 cm³/mol. The first kappa shape index (κ1) is 24.2. The summed E-state index contributed by atoms with van der Waals surface area (Å²) in [5, 5.41) is 10.9. The lowest BCUT2D eigenvalue weighted by molar-refractivity contribution is 0.110. The second-order valence-electron chi connectivity index (χ2n) is 6.13. The Balaban J connectivity index is 0.00000392. The van der Waals surface area contributed by atoms with Gasteiger partial charge in [0.15, 0.2) is 5.96 Å². The minimum atomic E-state index is 0. The highest BCUT2D eigenvalue weighted by molar-refractivity contribution is 14.0. The van der Waals surface area contributed by atoms with Crippen molar-refractivity contribution in [1.82, 2.24) is 20.4 Å². The largest absolute Gasteiger partial charge is 0.491 e. The molecule has 0 saturated heterocycles. The van der Waals surface area contributed by atoms with Gasteiger partial charge >= 0.3 is 0 Å². The number of aliphatic imine (C=N–C) groups is 1. The highest BCUT2D eigenvalue weighted by atomic mass is 127. The lowest BCUT2D eigenvalue weighted by Crippen LogP contribution is -2.37. The highest BCUT2D eigenvalue weighted by Gasteiger charge is 2.06. The number of nitrogens with one attached hydrogen (secondary N) is 2. The van der Waals surface area contributed by atoms with Gasteiger partial charge in [0.05, 0.1) is 6.61 Å². The smallest absolute Gasteiger partial charge is 0.191 e. The van der Waals surface area contributed by atoms with E-state index in [-0.39, 0.29) is 24.0 Å². The average molecular weight is 501 g/mol. The maximum Gasteiger partial charge on any atom is 0.191 e. The molecular weight excluding hydrogens is 469 g/mol. The summed E-state index contributed by atoms with van der Waals surface area (Å²) in [6.07, 6.45) is 4.74. The summed E-state index contributed by atoms with van der Waals surface area (Å²) in [4.78, 5) is 4.28. The minimum Gasteiger partial charge on any atom is -0.491 e. The number of halogens is 1. The Morgan fingerprint density at radius 1 is 1.25 bits per heavy atom. The maximum absolute atomic E-state index is 5.89. The lowest BCUT2D eigenvalue weighted by Gasteiger charge is -2.15. The van der Waals surface area contributed by atoms with E-state index in [0.717, 1.165) is 36.8 Å². The molecule has 0 aliphatic rings. The third kappa shape index (κ3) is 8.92. The van der Waals surface area contributed by atoms with Crippen LogP contribution in [-0.4, -0.2) is 49.2 Å². The third-order valence-electron chi connectivity index (χ3n) is 4.00. The summed E-state index contributed by atoms with van der Waals surface area (Å²) < 4.78 is 13.2. The van der Waals surface area contributed by atoms with E-state index in [1.807, 2.05) is 23.9 Å². The monoisotopic (exact) mass is 501 g/mol. The standard InChI is InChI=1S/C20H31N5O2.HI/c1-4-26-13-14-27-19-15-17(2)7-8-18(19)16-23-20(21-3)22-9-5-11-25-12-6-10-24-25;/h6-8,10,12,15H,4-5,9,11,13-14,16H2,1-3H3,(H2,21,22,23);1H. The second-order valence-corrected chi connectivity index (χ2v) is 6.13. The van der Waals surface area contributed by atoms with Crippen molar-refractivity contribution in [3.05, 3.63) is 47.8 Å². The summed E-state index contributed by atoms with van der Waals surface area (Å²) in [7, 11) is 1.78. The van der Waals surface area contributed by atoms with E-state index in [1.165, 1.54) is 5.56 Å². The van der Waals surface area contributed by atoms with Crippen molar-refractivity contribution in [3.63, 3.8) is 0 Å². The van der Waals surface area contributed by atoms with Crippen molar-refractivity contribution in [2.45, 2.75) is 33.4 Å². The first-order chi connectivity index (χ1) is 13.2. The van der Waals surface area contributed by atoms with Crippen LogP contribution in [0.1, 0.15) is 24.5 Å². The fourth-order valence-electron chi connectivity index (χ4n) is 2.58. The Kier molecular flexibility index (Phi) is 12.3. The number of nitrogens with zero attached hydrogens (tertiary/aromatic N) is 3. The van der Waals surface area contributed by atoms with E-state index < -0.39 is 0 Å². The van der Waals surface area contributed by atoms with Gasteiger partial charge in [0, 0.05) is 51.2 Å². The number of ether oxygens (including phenoxy) is 2. The maximum atomic E-state index is 5.89. The zero-order valence-electron chi connectivity index (χ0n) is 17.0. The van der Waals surface area contributed by atoms with Gasteiger partial charge in [-0.25, -0.2) is 0 Å². The lowest BCUT2D eigenvalue weighted by atomic mass is 10.1. The number of hydrogen-bond donors (Lipinski definition) is 2. The van der Waals surface area contributed by atoms with Crippen LogP contribution >= 0.6 is 24.0 Å². The fourth-order valence-corrected chi connectivity index (χ4v) is 2.58. The van der Waals surface area contributed by atoms with Crippen molar-refractivity contribution in [1.29, 1.82) is 0 Å². The third-order valence-corrected chi connectivity index (χ3v) is 4.00. The molecule has 156 valence electrons. The summed E-state index contributed by atoms with van der Waals surface area (Å²) in [5.41, 5.74) is 2.27. The minimum absolute atomic E-state index is 0. The summed E-state index contributed by atoms with van der Waals surface area (Å²) in [6, 6.07) is 8.17. The summed E-state index contributed by atoms with van der Waals surface area (Å²) in [5.74, 6) is 1.66. The van der Waals surface area contributed by atoms with Crippen molar-refractivity contribution >= 4 is 29.9 Å². The molecular formula is C20H32IN5O2. The Labute approximate surface area is 184 Å². The van der Waals surface area contributed by atoms with Crippen LogP contribution in [0.4, 0.5) is 0 Å². The van der Waals surface area contributed by atoms with Gasteiger partial charge in [-0.15, -0.1) is 24.0 Å². The molecule has 8 heteroatoms. The Hall–Kier alpha value is -1.81. The van der Waals surface area contributed by atoms with Crippen molar-refractivity contribution in [3.8, 4) is 5.75 Å². The predicted octanol–water partition coefficient (Wildman–Crippen LogP) is 2.98. The SMILES string of the molecule is CCOCCOc1cc(C)ccc1CNC(=NC)NCCCn1cccn1.I. The van der Waals surface area contributed by atoms with Crippen LogP contribution in [0.3, 0.4) is 0 Å². The zero-order valence-corrected chi connectivity index (χ0v) is 19.3. The van der Waals surface area contributed by atoms with Crippen LogP contribution in [0.15, 0.2) is 41.7 Å². The van der Waals surface area contributed by atoms with E-state index in [0.29, 0.717) is 26.4 Å². The molecule has 1 heterocycles. The number of aryl methyl sites for hydroxylation is 2. The topological polar surface area (TPSA) is 72.7 Å². The molecule has 0 atom stereocenters. The average Bonchev–Trinajstić information content (AvgIpc) is 3.19. The Morgan fingerprint density at radius 2 is 2.11 bits per heavy atom. The molecule has 0 bridgehead atoms. The van der Waals surface area contributed by atoms with Crippen LogP contribution in [0.5, 0.6) is 5.75 Å². The van der Waals surface area contributed by atoms with Crippen molar-refractivity contribution < 1.29 is 9.47 Å². The number of hydrogen-bond acceptors (Lipinski definition) is 4. The first-order valence-corrected chi connectivity index (χ1v) is 9.45. The molecule has 1 aromatic carbocycles. The molecule has 2 aromatic rings. The van der Waals surface area contributed by atoms with E-state index in [1.54, 1.807) is 13.2 Å². The van der Waals surface area contributed by atoms with Gasteiger partial charge in [-0.05, 0) is 38.0 Å². The quantitative estimate of drug-likeness (QED) is 0.215. The van der Waals surface area contributed by atoms with Gasteiger partial charge in [-0.1, -0.05) is 12.1 Å². The van der Waals surface area contributed by atoms with E-state index in [2.05, 4.69) is 45.8 Å². The van der Waals surface area contributed by atoms with Crippen molar-refractivity contribution in [2.75, 3.05) is 33.4 Å². The van der Waals surface area contributed by atoms with Crippen LogP contribution in [0.2, 0.25) is 0 Å². The molecule has 0 fully saturated rings. The van der Waals surface area contributed by atoms with Gasteiger partial charge in [-0.3, -0.25) is 9.67 Å². The first-order valence-electron chi connectivity index (χ1n) is 9.45. The number of rotatable bonds is 11. The normalized spacial score (nSPS) is 11.0. The Morgan fingerprint density at radius 3 is 2.82 bits per heavy atom. The molecule has 1 aromatic heterocycles. The zero-order chi connectivity index (χ0) is 19.3. The molecule has 0 amide bonds. The number of benzene rings is 1. The van der Waals surface area contributed by atoms with Crippen LogP contribution < -0.4 is 15.4 Å². The number of guanidine groups is 1. The molecule has 0 aliphatic heterocycles. The Bertz CT molecular complexity index is 692. The van der Waals surface area contributed by atoms with Crippen LogP contribution in [0.25, 0.3) is 0 Å². The van der Waals surface area contributed by atoms with Crippen LogP contribution in [-0.2, 0) is 17.8 Å². The molecule has 7 nitrogen and oxygen atoms in total. The highest BCUT2D eigenvalue weighted by Crippen LogP contribution is 2.20. The van der Waals surface area contributed by atoms with Crippen molar-refractivity contribution in [2.24, 2.45) is 4.99 Å². The molecule has 28 heavy (non-hydrogen) atoms. The van der Waals surface area contributed by atoms with E-state index in [9.17, 15) is 0 Å². The fraction of sp³-hybridized carbons (Fsp3) is 0.500. The molecule has 0 unspecified atom stereocenters. The molecule has 0 aliphatic carbocycles. The second kappa shape index (κ2) is 14.2. The molecule has 0 saturated carbocycles. The van der Waals surface area contributed by atoms with Gasteiger partial charge < -0.3 is 20.1 Å². The summed E-state index contributed by atoms with van der Waals surface area (Å²) in [6.45, 7) is 8.23. The summed E-state index contributed by atoms with van der Waals surface area (Å²) >= 11 is 0. The van der Waals surface area contributed by atoms with Crippen LogP contribution in [0, 0.1) is 6.92 Å². The van der Waals surface area contributed by atoms with Gasteiger partial charge in [0.2, 0.25) is 0 Å².